The monoisotopic (exact) mass is 722 g/mol. The van der Waals surface area contributed by atoms with E-state index in [2.05, 4.69) is 9.80 Å². The first-order valence-electron chi connectivity index (χ1n) is 17.3. The largest absolute Gasteiger partial charge is 0.496 e. The van der Waals surface area contributed by atoms with E-state index in [-0.39, 0.29) is 44.2 Å². The average molecular weight is 723 g/mol. The molecule has 0 radical (unpaired) electrons. The van der Waals surface area contributed by atoms with Gasteiger partial charge in [0.1, 0.15) is 17.1 Å². The third-order valence-corrected chi connectivity index (χ3v) is 11.4. The average Bonchev–Trinajstić information content (AvgIpc) is 3.63. The predicted molar refractivity (Wildman–Crippen MR) is 181 cm³/mol. The molecule has 0 bridgehead atoms. The van der Waals surface area contributed by atoms with Crippen LogP contribution in [0.2, 0.25) is 5.02 Å². The Bertz CT molecular complexity index is 2090. The van der Waals surface area contributed by atoms with Crippen LogP contribution in [0.5, 0.6) is 5.75 Å². The fourth-order valence-electron chi connectivity index (χ4n) is 6.86. The van der Waals surface area contributed by atoms with Crippen LogP contribution in [0.15, 0.2) is 27.4 Å². The molecule has 1 aromatic heterocycles. The summed E-state index contributed by atoms with van der Waals surface area (Å²) in [6, 6.07) is 3.30. The number of nitrogens with one attached hydrogen (secondary N) is 1. The molecule has 3 aliphatic heterocycles. The zero-order chi connectivity index (χ0) is 37.7. The van der Waals surface area contributed by atoms with Crippen LogP contribution < -0.4 is 20.0 Å². The number of benzene rings is 2. The molecule has 6 rings (SSSR count). The number of piperazine rings is 1. The highest BCUT2D eigenvalue weighted by Crippen LogP contribution is 2.39. The third-order valence-electron chi connectivity index (χ3n) is 9.59. The van der Waals surface area contributed by atoms with Crippen LogP contribution in [0.4, 0.5) is 10.1 Å². The van der Waals surface area contributed by atoms with Crippen molar-refractivity contribution >= 4 is 50.3 Å². The number of methoxy groups -OCH3 is 2. The first kappa shape index (κ1) is 31.2. The molecule has 1 N–H and O–H groups in total. The van der Waals surface area contributed by atoms with Crippen molar-refractivity contribution in [2.24, 2.45) is 0 Å². The van der Waals surface area contributed by atoms with E-state index >= 15 is 4.39 Å². The number of hydrogen-bond acceptors (Lipinski definition) is 10. The van der Waals surface area contributed by atoms with E-state index in [9.17, 15) is 22.8 Å². The topological polar surface area (TPSA) is 142 Å². The van der Waals surface area contributed by atoms with Crippen LogP contribution in [0.3, 0.4) is 0 Å². The number of hydrogen-bond donors (Lipinski definition) is 1. The molecule has 1 atom stereocenters. The van der Waals surface area contributed by atoms with Crippen molar-refractivity contribution in [2.45, 2.75) is 38.8 Å². The lowest BCUT2D eigenvalue weighted by Gasteiger charge is -2.41. The van der Waals surface area contributed by atoms with Gasteiger partial charge in [-0.1, -0.05) is 11.6 Å². The molecule has 2 fully saturated rings. The van der Waals surface area contributed by atoms with Crippen molar-refractivity contribution < 1.29 is 40.4 Å². The highest BCUT2D eigenvalue weighted by molar-refractivity contribution is 7.87. The van der Waals surface area contributed by atoms with Gasteiger partial charge in [0.05, 0.1) is 52.1 Å². The zero-order valence-corrected chi connectivity index (χ0v) is 28.9. The smallest absolute Gasteiger partial charge is 0.341 e. The normalized spacial score (nSPS) is 20.1. The Morgan fingerprint density at radius 2 is 1.88 bits per heavy atom. The summed E-state index contributed by atoms with van der Waals surface area (Å²) in [6.45, 7) is 4.72. The van der Waals surface area contributed by atoms with Crippen LogP contribution in [0.1, 0.15) is 54.4 Å². The molecule has 4 heterocycles. The van der Waals surface area contributed by atoms with Gasteiger partial charge in [-0.2, -0.15) is 12.7 Å². The van der Waals surface area contributed by atoms with Crippen LogP contribution in [0.25, 0.3) is 11.0 Å². The molecule has 0 saturated carbocycles. The van der Waals surface area contributed by atoms with Crippen molar-refractivity contribution in [3.63, 3.8) is 0 Å². The second-order valence-electron chi connectivity index (χ2n) is 12.5. The van der Waals surface area contributed by atoms with Gasteiger partial charge in [-0.15, -0.1) is 0 Å². The summed E-state index contributed by atoms with van der Waals surface area (Å²) in [6.07, 6.45) is 1.35. The van der Waals surface area contributed by atoms with Crippen LogP contribution in [0, 0.1) is 12.7 Å². The molecule has 2 amide bonds. The number of rotatable bonds is 8. The van der Waals surface area contributed by atoms with E-state index < -0.39 is 57.4 Å². The number of carbonyl (C=O) groups excluding carboxylic acids is 2. The number of likely N-dealkylation sites (N-methyl/N-ethyl adjacent to an activating group) is 1. The maximum Gasteiger partial charge on any atom is 0.341 e. The summed E-state index contributed by atoms with van der Waals surface area (Å²) in [7, 11) is -3.75. The van der Waals surface area contributed by atoms with Crippen LogP contribution in [-0.4, -0.2) is 107 Å². The maximum absolute atomic E-state index is 15.6. The number of halogens is 2. The van der Waals surface area contributed by atoms with Crippen LogP contribution in [-0.2, 0) is 27.9 Å². The van der Waals surface area contributed by atoms with Crippen molar-refractivity contribution in [3.8, 4) is 5.75 Å². The molecular formula is C33H39ClFN5O8S. The van der Waals surface area contributed by atoms with E-state index in [1.807, 2.05) is 24.8 Å². The lowest BCUT2D eigenvalue weighted by molar-refractivity contribution is 0.0727. The molecule has 16 heteroatoms. The van der Waals surface area contributed by atoms with Gasteiger partial charge in [-0.3, -0.25) is 14.5 Å². The van der Waals surface area contributed by atoms with E-state index in [0.717, 1.165) is 34.7 Å². The molecule has 0 aliphatic carbocycles. The fourth-order valence-corrected chi connectivity index (χ4v) is 8.37. The Morgan fingerprint density at radius 1 is 1.12 bits per heavy atom. The number of anilines is 1. The lowest BCUT2D eigenvalue weighted by Crippen LogP contribution is -2.53. The maximum atomic E-state index is 15.6. The predicted octanol–water partition coefficient (Wildman–Crippen LogP) is 2.94. The molecule has 49 heavy (non-hydrogen) atoms. The Morgan fingerprint density at radius 3 is 2.59 bits per heavy atom. The van der Waals surface area contributed by atoms with Crippen molar-refractivity contribution in [2.75, 3.05) is 72.0 Å². The molecule has 3 aromatic rings. The first-order chi connectivity index (χ1) is 24.5. The molecule has 13 nitrogen and oxygen atoms in total. The van der Waals surface area contributed by atoms with Gasteiger partial charge in [-0.25, -0.2) is 13.9 Å². The SMILES string of the molecule is [2H]C([2H])([2H])Oc1cc(C(=O)N2CCc3c(c(=O)oc4c(C)c(N5CCN(C)[C@@H](COC)C5)cc(Cl)c34)C2)c(F)cc1C(=O)NS(=O)(=O)N1CCCC1. The summed E-state index contributed by atoms with van der Waals surface area (Å²) in [5.41, 5.74) is 0.588. The fraction of sp³-hybridized carbons (Fsp3) is 0.485. The Kier molecular flexibility index (Phi) is 8.84. The molecule has 3 aliphatic rings. The third kappa shape index (κ3) is 6.61. The molecule has 0 spiro atoms. The zero-order valence-electron chi connectivity index (χ0n) is 30.3. The Hall–Kier alpha value is -3.76. The van der Waals surface area contributed by atoms with E-state index in [1.165, 1.54) is 4.90 Å². The molecule has 2 aromatic carbocycles. The van der Waals surface area contributed by atoms with Gasteiger partial charge < -0.3 is 23.7 Å². The van der Waals surface area contributed by atoms with E-state index in [4.69, 9.17) is 29.6 Å². The summed E-state index contributed by atoms with van der Waals surface area (Å²) < 4.78 is 82.8. The molecule has 0 unspecified atom stereocenters. The van der Waals surface area contributed by atoms with Crippen LogP contribution >= 0.6 is 11.6 Å². The highest BCUT2D eigenvalue weighted by Gasteiger charge is 2.33. The van der Waals surface area contributed by atoms with Gasteiger partial charge >= 0.3 is 15.8 Å². The second-order valence-corrected chi connectivity index (χ2v) is 14.6. The highest BCUT2D eigenvalue weighted by atomic mass is 35.5. The van der Waals surface area contributed by atoms with Crippen molar-refractivity contribution in [1.82, 2.24) is 18.8 Å². The summed E-state index contributed by atoms with van der Waals surface area (Å²) in [4.78, 5) is 45.9. The van der Waals surface area contributed by atoms with E-state index in [1.54, 1.807) is 7.11 Å². The van der Waals surface area contributed by atoms with Crippen molar-refractivity contribution in [1.29, 1.82) is 0 Å². The quantitative estimate of drug-likeness (QED) is 0.345. The minimum Gasteiger partial charge on any atom is -0.496 e. The standard InChI is InChI=1S/C33H39ClFN5O8S/c1-19-27(38-12-11-37(2)20(16-38)18-46-3)15-25(34)29-21-7-10-39(17-24(21)33(43)48-30(19)29)32(42)22-14-28(47-4)23(13-26(22)35)31(41)36-49(44,45)40-8-5-6-9-40/h13-15,20H,5-12,16-18H2,1-4H3,(H,36,41)/t20-/m1/s1/i4D3. The van der Waals surface area contributed by atoms with Gasteiger partial charge in [0.2, 0.25) is 0 Å². The number of fused-ring (bicyclic) bond motifs is 3. The van der Waals surface area contributed by atoms with Gasteiger partial charge in [0, 0.05) is 63.0 Å². The summed E-state index contributed by atoms with van der Waals surface area (Å²) in [5.74, 6) is -4.22. The summed E-state index contributed by atoms with van der Waals surface area (Å²) >= 11 is 6.89. The number of amides is 2. The minimum absolute atomic E-state index is 0.0316. The molecule has 2 saturated heterocycles. The molecule has 264 valence electrons. The van der Waals surface area contributed by atoms with E-state index in [0.29, 0.717) is 53.6 Å². The Labute approximate surface area is 292 Å². The Balaban J connectivity index is 1.30. The van der Waals surface area contributed by atoms with Gasteiger partial charge in [0.25, 0.3) is 11.8 Å². The number of ether oxygens (including phenoxy) is 2. The first-order valence-corrected chi connectivity index (χ1v) is 17.7. The lowest BCUT2D eigenvalue weighted by atomic mass is 9.94. The minimum atomic E-state index is -4.31. The second kappa shape index (κ2) is 13.9. The number of nitrogens with zero attached hydrogens (tertiary/aromatic N) is 4. The number of aryl methyl sites for hydroxylation is 1. The number of carbonyl (C=O) groups is 2. The van der Waals surface area contributed by atoms with Gasteiger partial charge in [-0.05, 0) is 57.0 Å². The van der Waals surface area contributed by atoms with Crippen molar-refractivity contribution in [3.05, 3.63) is 67.3 Å². The van der Waals surface area contributed by atoms with Gasteiger partial charge in [0.15, 0.2) is 0 Å². The molecular weight excluding hydrogens is 681 g/mol. The summed E-state index contributed by atoms with van der Waals surface area (Å²) in [5, 5.41) is 0.918.